The molecule has 0 aromatic carbocycles. The highest BCUT2D eigenvalue weighted by atomic mass is 32.3. The Bertz CT molecular complexity index is 168. The Morgan fingerprint density at radius 3 is 1.53 bits per heavy atom. The molecular weight excluding hydrogens is 325 g/mol. The highest BCUT2D eigenvalue weighted by molar-refractivity contribution is 8.33. The molecule has 2 aliphatic heterocycles. The minimum absolute atomic E-state index is 0.840. The van der Waals surface area contributed by atoms with E-state index in [0.29, 0.717) is 0 Å². The van der Waals surface area contributed by atoms with Gasteiger partial charge in [-0.2, -0.15) is 0 Å². The van der Waals surface area contributed by atoms with Gasteiger partial charge in [0, 0.05) is 0 Å². The van der Waals surface area contributed by atoms with Crippen LogP contribution in [0.2, 0.25) is 0 Å². The smallest absolute Gasteiger partial charge is 0.0955 e. The van der Waals surface area contributed by atoms with E-state index in [0.717, 1.165) is 7.83 Å². The van der Waals surface area contributed by atoms with E-state index in [1.807, 2.05) is 0 Å². The normalized spacial score (nSPS) is 24.0. The largest absolute Gasteiger partial charge is 0.137 e. The molecule has 0 atom stereocenters. The number of hydrogen-bond acceptors (Lipinski definition) is 6. The van der Waals surface area contributed by atoms with Crippen molar-refractivity contribution in [1.29, 1.82) is 0 Å². The number of hydrogen-bond donors (Lipinski definition) is 0. The first-order chi connectivity index (χ1) is 8.45. The molecule has 0 nitrogen and oxygen atoms in total. The van der Waals surface area contributed by atoms with Crippen molar-refractivity contribution in [2.45, 2.75) is 27.1 Å². The Kier molecular flexibility index (Phi) is 9.04. The topological polar surface area (TPSA) is 0 Å². The lowest BCUT2D eigenvalue weighted by Gasteiger charge is -2.21. The van der Waals surface area contributed by atoms with Gasteiger partial charge in [-0.05, 0) is 53.8 Å². The van der Waals surface area contributed by atoms with Crippen molar-refractivity contribution >= 4 is 70.6 Å². The van der Waals surface area contributed by atoms with E-state index in [4.69, 9.17) is 0 Å². The zero-order chi connectivity index (χ0) is 11.8. The van der Waals surface area contributed by atoms with Crippen molar-refractivity contribution in [1.82, 2.24) is 0 Å². The number of rotatable bonds is 6. The van der Waals surface area contributed by atoms with Crippen LogP contribution in [0.3, 0.4) is 0 Å². The molecule has 0 spiro atoms. The van der Waals surface area contributed by atoms with Gasteiger partial charge >= 0.3 is 0 Å². The molecule has 2 rings (SSSR count). The summed E-state index contributed by atoms with van der Waals surface area (Å²) in [5.41, 5.74) is 0. The fraction of sp³-hybridized carbons (Fsp3) is 1.00. The SMILES string of the molecule is C1CSC(SCCCSC2SCCCS2)SC1. The van der Waals surface area contributed by atoms with Crippen molar-refractivity contribution in [2.75, 3.05) is 34.5 Å². The van der Waals surface area contributed by atoms with Crippen molar-refractivity contribution in [2.24, 2.45) is 0 Å². The fourth-order valence-electron chi connectivity index (χ4n) is 1.54. The van der Waals surface area contributed by atoms with Gasteiger partial charge in [-0.25, -0.2) is 0 Å². The maximum Gasteiger partial charge on any atom is 0.0955 e. The summed E-state index contributed by atoms with van der Waals surface area (Å²) in [7, 11) is 0. The van der Waals surface area contributed by atoms with Gasteiger partial charge in [-0.1, -0.05) is 0 Å². The van der Waals surface area contributed by atoms with Gasteiger partial charge in [0.2, 0.25) is 0 Å². The summed E-state index contributed by atoms with van der Waals surface area (Å²) >= 11 is 13.0. The molecule has 2 saturated heterocycles. The van der Waals surface area contributed by atoms with Crippen LogP contribution in [-0.4, -0.2) is 42.3 Å². The molecular formula is C11H20S6. The molecule has 100 valence electrons. The summed E-state index contributed by atoms with van der Waals surface area (Å²) in [5.74, 6) is 8.26. The molecule has 17 heavy (non-hydrogen) atoms. The standard InChI is InChI=1S/C11H20S6/c1-4-12-10(13-5-1)16-8-3-9-17-11-14-6-2-7-15-11/h10-11H,1-9H2. The maximum atomic E-state index is 2.18. The van der Waals surface area contributed by atoms with Gasteiger partial charge in [-0.3, -0.25) is 0 Å². The van der Waals surface area contributed by atoms with E-state index >= 15 is 0 Å². The van der Waals surface area contributed by atoms with E-state index in [2.05, 4.69) is 70.6 Å². The predicted octanol–water partition coefficient (Wildman–Crippen LogP) is 5.15. The van der Waals surface area contributed by atoms with E-state index in [1.165, 1.54) is 53.8 Å². The maximum absolute atomic E-state index is 2.18. The van der Waals surface area contributed by atoms with Crippen LogP contribution in [-0.2, 0) is 0 Å². The summed E-state index contributed by atoms with van der Waals surface area (Å²) in [4.78, 5) is 0. The van der Waals surface area contributed by atoms with Crippen LogP contribution in [0.1, 0.15) is 19.3 Å². The molecule has 2 fully saturated rings. The van der Waals surface area contributed by atoms with Crippen LogP contribution in [0.15, 0.2) is 0 Å². The Morgan fingerprint density at radius 2 is 1.12 bits per heavy atom. The zero-order valence-electron chi connectivity index (χ0n) is 9.97. The van der Waals surface area contributed by atoms with Gasteiger partial charge in [0.1, 0.15) is 0 Å². The average Bonchev–Trinajstić information content (AvgIpc) is 2.41. The molecule has 0 unspecified atom stereocenters. The van der Waals surface area contributed by atoms with Crippen LogP contribution < -0.4 is 0 Å². The molecule has 0 radical (unpaired) electrons. The van der Waals surface area contributed by atoms with Crippen LogP contribution in [0.25, 0.3) is 0 Å². The van der Waals surface area contributed by atoms with Gasteiger partial charge < -0.3 is 0 Å². The molecule has 0 aromatic heterocycles. The summed E-state index contributed by atoms with van der Waals surface area (Å²) < 4.78 is 1.68. The molecule has 0 aliphatic carbocycles. The van der Waals surface area contributed by atoms with Crippen molar-refractivity contribution in [3.05, 3.63) is 0 Å². The van der Waals surface area contributed by atoms with Crippen molar-refractivity contribution in [3.8, 4) is 0 Å². The predicted molar refractivity (Wildman–Crippen MR) is 96.2 cm³/mol. The van der Waals surface area contributed by atoms with Gasteiger partial charge in [0.25, 0.3) is 0 Å². The summed E-state index contributed by atoms with van der Waals surface area (Å²) in [6, 6.07) is 0. The van der Waals surface area contributed by atoms with Gasteiger partial charge in [0.15, 0.2) is 0 Å². The van der Waals surface area contributed by atoms with Crippen LogP contribution in [0.5, 0.6) is 0 Å². The summed E-state index contributed by atoms with van der Waals surface area (Å²) in [5, 5.41) is 0. The summed E-state index contributed by atoms with van der Waals surface area (Å²) in [6.45, 7) is 0. The van der Waals surface area contributed by atoms with Crippen LogP contribution >= 0.6 is 70.6 Å². The van der Waals surface area contributed by atoms with Crippen LogP contribution in [0, 0.1) is 0 Å². The highest BCUT2D eigenvalue weighted by Crippen LogP contribution is 2.40. The monoisotopic (exact) mass is 344 g/mol. The third-order valence-electron chi connectivity index (χ3n) is 2.39. The zero-order valence-corrected chi connectivity index (χ0v) is 14.9. The first kappa shape index (κ1) is 15.5. The molecule has 0 N–H and O–H groups in total. The molecule has 6 heteroatoms. The Labute approximate surface area is 131 Å². The van der Waals surface area contributed by atoms with E-state index in [-0.39, 0.29) is 0 Å². The lowest BCUT2D eigenvalue weighted by atomic mass is 10.6. The van der Waals surface area contributed by atoms with Crippen molar-refractivity contribution < 1.29 is 0 Å². The minimum Gasteiger partial charge on any atom is -0.137 e. The van der Waals surface area contributed by atoms with Gasteiger partial charge in [-0.15, -0.1) is 70.6 Å². The molecule has 0 bridgehead atoms. The molecule has 0 amide bonds. The first-order valence-corrected chi connectivity index (χ1v) is 12.4. The second-order valence-corrected chi connectivity index (χ2v) is 12.9. The third kappa shape index (κ3) is 6.89. The molecule has 0 saturated carbocycles. The highest BCUT2D eigenvalue weighted by Gasteiger charge is 2.16. The van der Waals surface area contributed by atoms with Gasteiger partial charge in [0.05, 0.1) is 7.83 Å². The quantitative estimate of drug-likeness (QED) is 0.607. The minimum atomic E-state index is 0.840. The lowest BCUT2D eigenvalue weighted by Crippen LogP contribution is -2.05. The second kappa shape index (κ2) is 9.92. The Balaban J connectivity index is 1.42. The first-order valence-electron chi connectivity index (χ1n) is 6.15. The van der Waals surface area contributed by atoms with Crippen molar-refractivity contribution in [3.63, 3.8) is 0 Å². The van der Waals surface area contributed by atoms with E-state index < -0.39 is 0 Å². The van der Waals surface area contributed by atoms with Crippen LogP contribution in [0.4, 0.5) is 0 Å². The van der Waals surface area contributed by atoms with E-state index in [1.54, 1.807) is 0 Å². The second-order valence-electron chi connectivity index (χ2n) is 3.86. The Morgan fingerprint density at radius 1 is 0.706 bits per heavy atom. The molecule has 2 heterocycles. The lowest BCUT2D eigenvalue weighted by molar-refractivity contribution is 1.11. The van der Waals surface area contributed by atoms with E-state index in [9.17, 15) is 0 Å². The number of thioether (sulfide) groups is 6. The third-order valence-corrected chi connectivity index (χ3v) is 12.1. The summed E-state index contributed by atoms with van der Waals surface area (Å²) in [6.07, 6.45) is 4.22. The Hall–Kier alpha value is 2.10. The average molecular weight is 345 g/mol. The fourth-order valence-corrected chi connectivity index (χ4v) is 10.9. The molecule has 0 aromatic rings. The molecule has 2 aliphatic rings.